The fourth-order valence-electron chi connectivity index (χ4n) is 2.28. The van der Waals surface area contributed by atoms with Crippen LogP contribution >= 0.6 is 0 Å². The van der Waals surface area contributed by atoms with Crippen LogP contribution in [-0.2, 0) is 0 Å². The Hall–Kier alpha value is -3.08. The molecule has 0 radical (unpaired) electrons. The highest BCUT2D eigenvalue weighted by atomic mass is 16.5. The molecule has 2 aromatic rings. The van der Waals surface area contributed by atoms with E-state index in [2.05, 4.69) is 0 Å². The van der Waals surface area contributed by atoms with Gasteiger partial charge in [-0.3, -0.25) is 9.59 Å². The third-order valence-electron chi connectivity index (χ3n) is 3.46. The van der Waals surface area contributed by atoms with Crippen molar-refractivity contribution in [2.24, 2.45) is 0 Å². The molecular weight excluding hydrogens is 296 g/mol. The SMILES string of the molecule is COc1c(C)c(O)c(C(=O)C=Cc2ccccc2)c(O)c1C=O. The lowest BCUT2D eigenvalue weighted by Crippen LogP contribution is -2.03. The normalized spacial score (nSPS) is 10.7. The molecule has 0 aromatic heterocycles. The first-order valence-electron chi connectivity index (χ1n) is 6.86. The molecule has 23 heavy (non-hydrogen) atoms. The van der Waals surface area contributed by atoms with Crippen molar-refractivity contribution in [3.05, 3.63) is 58.7 Å². The number of aromatic hydroxyl groups is 2. The van der Waals surface area contributed by atoms with Crippen molar-refractivity contribution in [1.82, 2.24) is 0 Å². The van der Waals surface area contributed by atoms with E-state index in [0.717, 1.165) is 5.56 Å². The van der Waals surface area contributed by atoms with Crippen LogP contribution in [0.1, 0.15) is 31.8 Å². The second-order valence-corrected chi connectivity index (χ2v) is 4.87. The minimum atomic E-state index is -0.613. The molecule has 0 amide bonds. The average Bonchev–Trinajstić information content (AvgIpc) is 2.57. The number of phenolic OH excluding ortho intramolecular Hbond substituents is 2. The van der Waals surface area contributed by atoms with Crippen molar-refractivity contribution in [2.45, 2.75) is 6.92 Å². The predicted molar refractivity (Wildman–Crippen MR) is 86.3 cm³/mol. The Morgan fingerprint density at radius 1 is 1.13 bits per heavy atom. The Kier molecular flexibility index (Phi) is 4.81. The molecule has 0 aliphatic rings. The monoisotopic (exact) mass is 312 g/mol. The van der Waals surface area contributed by atoms with Crippen LogP contribution in [0.5, 0.6) is 17.2 Å². The molecule has 2 rings (SSSR count). The zero-order valence-corrected chi connectivity index (χ0v) is 12.7. The molecule has 0 atom stereocenters. The molecule has 118 valence electrons. The zero-order chi connectivity index (χ0) is 17.0. The first kappa shape index (κ1) is 16.3. The Morgan fingerprint density at radius 2 is 1.78 bits per heavy atom. The average molecular weight is 312 g/mol. The van der Waals surface area contributed by atoms with Gasteiger partial charge in [0.15, 0.2) is 12.1 Å². The molecule has 0 unspecified atom stereocenters. The molecular formula is C18H16O5. The molecule has 2 aromatic carbocycles. The third kappa shape index (κ3) is 3.08. The van der Waals surface area contributed by atoms with Crippen molar-refractivity contribution in [2.75, 3.05) is 7.11 Å². The summed E-state index contributed by atoms with van der Waals surface area (Å²) in [5.74, 6) is -1.58. The topological polar surface area (TPSA) is 83.8 Å². The van der Waals surface area contributed by atoms with Gasteiger partial charge in [-0.15, -0.1) is 0 Å². The highest BCUT2D eigenvalue weighted by Crippen LogP contribution is 2.41. The molecule has 0 spiro atoms. The molecule has 0 bridgehead atoms. The number of ketones is 1. The van der Waals surface area contributed by atoms with Gasteiger partial charge in [0, 0.05) is 5.56 Å². The van der Waals surface area contributed by atoms with E-state index in [0.29, 0.717) is 6.29 Å². The van der Waals surface area contributed by atoms with Crippen LogP contribution in [0.3, 0.4) is 0 Å². The summed E-state index contributed by atoms with van der Waals surface area (Å²) in [4.78, 5) is 23.5. The van der Waals surface area contributed by atoms with Gasteiger partial charge >= 0.3 is 0 Å². The van der Waals surface area contributed by atoms with E-state index >= 15 is 0 Å². The predicted octanol–water partition coefficient (Wildman–Crippen LogP) is 3.12. The minimum absolute atomic E-state index is 0.0404. The lowest BCUT2D eigenvalue weighted by molar-refractivity contribution is 0.104. The number of phenols is 2. The molecule has 0 aliphatic carbocycles. The van der Waals surface area contributed by atoms with Crippen LogP contribution in [0.2, 0.25) is 0 Å². The summed E-state index contributed by atoms with van der Waals surface area (Å²) >= 11 is 0. The lowest BCUT2D eigenvalue weighted by Gasteiger charge is -2.14. The number of benzene rings is 2. The number of allylic oxidation sites excluding steroid dienone is 1. The number of hydrogen-bond acceptors (Lipinski definition) is 5. The summed E-state index contributed by atoms with van der Waals surface area (Å²) < 4.78 is 5.01. The fraction of sp³-hybridized carbons (Fsp3) is 0.111. The third-order valence-corrected chi connectivity index (χ3v) is 3.46. The van der Waals surface area contributed by atoms with Gasteiger partial charge < -0.3 is 14.9 Å². The van der Waals surface area contributed by atoms with Gasteiger partial charge in [0.25, 0.3) is 0 Å². The number of carbonyl (C=O) groups is 2. The van der Waals surface area contributed by atoms with E-state index < -0.39 is 17.3 Å². The van der Waals surface area contributed by atoms with Crippen molar-refractivity contribution in [3.8, 4) is 17.2 Å². The van der Waals surface area contributed by atoms with E-state index in [1.165, 1.54) is 20.1 Å². The smallest absolute Gasteiger partial charge is 0.193 e. The highest BCUT2D eigenvalue weighted by molar-refractivity contribution is 6.12. The van der Waals surface area contributed by atoms with E-state index in [-0.39, 0.29) is 22.4 Å². The summed E-state index contributed by atoms with van der Waals surface area (Å²) in [6.07, 6.45) is 3.17. The van der Waals surface area contributed by atoms with Crippen LogP contribution in [-0.4, -0.2) is 29.4 Å². The summed E-state index contributed by atoms with van der Waals surface area (Å²) in [5.41, 5.74) is 0.515. The second-order valence-electron chi connectivity index (χ2n) is 4.87. The largest absolute Gasteiger partial charge is 0.507 e. The first-order chi connectivity index (χ1) is 11.0. The number of ether oxygens (including phenoxy) is 1. The van der Waals surface area contributed by atoms with E-state index in [1.807, 2.05) is 18.2 Å². The van der Waals surface area contributed by atoms with Crippen molar-refractivity contribution >= 4 is 18.1 Å². The number of aldehydes is 1. The standard InChI is InChI=1S/C18H16O5/c1-11-16(21)15(17(22)13(10-19)18(11)23-2)14(20)9-8-12-6-4-3-5-7-12/h3-10,21-22H,1-2H3. The van der Waals surface area contributed by atoms with Crippen LogP contribution in [0.25, 0.3) is 6.08 Å². The number of methoxy groups -OCH3 is 1. The van der Waals surface area contributed by atoms with Crippen LogP contribution < -0.4 is 4.74 Å². The molecule has 5 nitrogen and oxygen atoms in total. The highest BCUT2D eigenvalue weighted by Gasteiger charge is 2.25. The minimum Gasteiger partial charge on any atom is -0.507 e. The van der Waals surface area contributed by atoms with Gasteiger partial charge in [-0.1, -0.05) is 36.4 Å². The first-order valence-corrected chi connectivity index (χ1v) is 6.86. The zero-order valence-electron chi connectivity index (χ0n) is 12.7. The van der Waals surface area contributed by atoms with E-state index in [4.69, 9.17) is 4.74 Å². The maximum atomic E-state index is 12.3. The van der Waals surface area contributed by atoms with Gasteiger partial charge in [0.1, 0.15) is 22.8 Å². The molecule has 2 N–H and O–H groups in total. The Morgan fingerprint density at radius 3 is 2.35 bits per heavy atom. The molecule has 0 saturated carbocycles. The van der Waals surface area contributed by atoms with Crippen molar-refractivity contribution < 1.29 is 24.5 Å². The van der Waals surface area contributed by atoms with Gasteiger partial charge in [-0.2, -0.15) is 0 Å². The molecule has 0 heterocycles. The van der Waals surface area contributed by atoms with Crippen molar-refractivity contribution in [1.29, 1.82) is 0 Å². The summed E-state index contributed by atoms with van der Waals surface area (Å²) in [7, 11) is 1.31. The maximum Gasteiger partial charge on any atom is 0.193 e. The lowest BCUT2D eigenvalue weighted by atomic mass is 9.98. The quantitative estimate of drug-likeness (QED) is 0.503. The Balaban J connectivity index is 2.51. The molecule has 0 fully saturated rings. The molecule has 0 aliphatic heterocycles. The summed E-state index contributed by atoms with van der Waals surface area (Å²) in [6.45, 7) is 1.50. The van der Waals surface area contributed by atoms with E-state index in [9.17, 15) is 19.8 Å². The summed E-state index contributed by atoms with van der Waals surface area (Å²) in [5, 5.41) is 20.3. The van der Waals surface area contributed by atoms with E-state index in [1.54, 1.807) is 18.2 Å². The number of carbonyl (C=O) groups excluding carboxylic acids is 2. The maximum absolute atomic E-state index is 12.3. The van der Waals surface area contributed by atoms with Gasteiger partial charge in [0.2, 0.25) is 0 Å². The number of rotatable bonds is 5. The Bertz CT molecular complexity index is 776. The molecule has 5 heteroatoms. The van der Waals surface area contributed by atoms with Gasteiger partial charge in [-0.25, -0.2) is 0 Å². The summed E-state index contributed by atoms with van der Waals surface area (Å²) in [6, 6.07) is 9.10. The van der Waals surface area contributed by atoms with Gasteiger partial charge in [-0.05, 0) is 18.6 Å². The number of hydrogen-bond donors (Lipinski definition) is 2. The molecule has 0 saturated heterocycles. The van der Waals surface area contributed by atoms with Gasteiger partial charge in [0.05, 0.1) is 12.7 Å². The van der Waals surface area contributed by atoms with Crippen molar-refractivity contribution in [3.63, 3.8) is 0 Å². The fourth-order valence-corrected chi connectivity index (χ4v) is 2.28. The van der Waals surface area contributed by atoms with Crippen LogP contribution in [0, 0.1) is 6.92 Å². The van der Waals surface area contributed by atoms with Crippen LogP contribution in [0.15, 0.2) is 36.4 Å². The Labute approximate surface area is 133 Å². The van der Waals surface area contributed by atoms with Crippen LogP contribution in [0.4, 0.5) is 0 Å². The second kappa shape index (κ2) is 6.79.